The highest BCUT2D eigenvalue weighted by molar-refractivity contribution is 6.35. The Morgan fingerprint density at radius 3 is 2.89 bits per heavy atom. The first-order chi connectivity index (χ1) is 9.20. The Morgan fingerprint density at radius 2 is 2.26 bits per heavy atom. The van der Waals surface area contributed by atoms with Gasteiger partial charge in [-0.3, -0.25) is 0 Å². The van der Waals surface area contributed by atoms with Crippen LogP contribution in [0.4, 0.5) is 0 Å². The number of rotatable bonds is 5. The van der Waals surface area contributed by atoms with Gasteiger partial charge in [-0.2, -0.15) is 0 Å². The highest BCUT2D eigenvalue weighted by atomic mass is 35.5. The molecule has 0 saturated carbocycles. The minimum absolute atomic E-state index is 0.185. The quantitative estimate of drug-likeness (QED) is 0.761. The summed E-state index contributed by atoms with van der Waals surface area (Å²) in [5.74, 6) is 0. The number of ether oxygens (including phenoxy) is 1. The molecule has 0 aliphatic carbocycles. The summed E-state index contributed by atoms with van der Waals surface area (Å²) in [5.41, 5.74) is 0.901. The molecule has 0 bridgehead atoms. The molecule has 0 spiro atoms. The number of allylic oxidation sites excluding steroid dienone is 1. The minimum atomic E-state index is -0.185. The van der Waals surface area contributed by atoms with Gasteiger partial charge in [-0.05, 0) is 19.1 Å². The summed E-state index contributed by atoms with van der Waals surface area (Å²) in [4.78, 5) is 4.02. The van der Waals surface area contributed by atoms with Crippen molar-refractivity contribution < 1.29 is 4.74 Å². The zero-order valence-corrected chi connectivity index (χ0v) is 12.0. The van der Waals surface area contributed by atoms with Crippen molar-refractivity contribution in [3.63, 3.8) is 0 Å². The van der Waals surface area contributed by atoms with Gasteiger partial charge in [-0.15, -0.1) is 0 Å². The zero-order valence-electron chi connectivity index (χ0n) is 10.5. The Kier molecular flexibility index (Phi) is 4.88. The monoisotopic (exact) mass is 296 g/mol. The summed E-state index contributed by atoms with van der Waals surface area (Å²) < 4.78 is 7.66. The molecule has 0 fully saturated rings. The van der Waals surface area contributed by atoms with Crippen molar-refractivity contribution in [2.45, 2.75) is 19.6 Å². The van der Waals surface area contributed by atoms with Gasteiger partial charge in [0.05, 0.1) is 19.1 Å². The second-order valence-electron chi connectivity index (χ2n) is 4.02. The molecular weight excluding hydrogens is 283 g/mol. The number of benzene rings is 1. The van der Waals surface area contributed by atoms with Crippen LogP contribution in [0, 0.1) is 0 Å². The molecule has 2 rings (SSSR count). The molecule has 1 aromatic carbocycles. The smallest absolute Gasteiger partial charge is 0.142 e. The van der Waals surface area contributed by atoms with Crippen molar-refractivity contribution in [3.8, 4) is 0 Å². The fourth-order valence-electron chi connectivity index (χ4n) is 1.74. The van der Waals surface area contributed by atoms with Crippen molar-refractivity contribution >= 4 is 23.2 Å². The third-order valence-electron chi connectivity index (χ3n) is 2.62. The molecule has 0 radical (unpaired) electrons. The Hall–Kier alpha value is -1.45. The van der Waals surface area contributed by atoms with Gasteiger partial charge in [0.15, 0.2) is 0 Å². The van der Waals surface area contributed by atoms with Crippen LogP contribution >= 0.6 is 23.2 Å². The predicted octanol–water partition coefficient (Wildman–Crippen LogP) is 4.48. The molecule has 1 atom stereocenters. The Labute approximate surface area is 122 Å². The maximum Gasteiger partial charge on any atom is 0.142 e. The number of halogens is 2. The summed E-state index contributed by atoms with van der Waals surface area (Å²) in [5, 5.41) is 1.21. The largest absolute Gasteiger partial charge is 0.492 e. The van der Waals surface area contributed by atoms with E-state index in [4.69, 9.17) is 27.9 Å². The van der Waals surface area contributed by atoms with E-state index in [1.165, 1.54) is 0 Å². The molecule has 19 heavy (non-hydrogen) atoms. The van der Waals surface area contributed by atoms with E-state index >= 15 is 0 Å². The number of hydrogen-bond acceptors (Lipinski definition) is 2. The summed E-state index contributed by atoms with van der Waals surface area (Å²) in [7, 11) is 0. The van der Waals surface area contributed by atoms with Crippen LogP contribution in [0.25, 0.3) is 0 Å². The molecule has 0 aliphatic rings. The van der Waals surface area contributed by atoms with E-state index in [0.29, 0.717) is 16.6 Å². The van der Waals surface area contributed by atoms with E-state index in [2.05, 4.69) is 4.98 Å². The maximum atomic E-state index is 6.23. The van der Waals surface area contributed by atoms with Crippen molar-refractivity contribution in [1.82, 2.24) is 9.55 Å². The van der Waals surface area contributed by atoms with E-state index in [1.807, 2.05) is 35.9 Å². The van der Waals surface area contributed by atoms with Crippen LogP contribution in [0.2, 0.25) is 10.0 Å². The number of aromatic nitrogens is 2. The molecule has 2 aromatic rings. The van der Waals surface area contributed by atoms with Crippen LogP contribution in [-0.4, -0.2) is 9.55 Å². The number of hydrogen-bond donors (Lipinski definition) is 0. The molecular formula is C14H14Cl2N2O. The third kappa shape index (κ3) is 3.75. The van der Waals surface area contributed by atoms with Gasteiger partial charge in [-0.25, -0.2) is 4.98 Å². The predicted molar refractivity (Wildman–Crippen MR) is 77.3 cm³/mol. The van der Waals surface area contributed by atoms with E-state index in [0.717, 1.165) is 5.56 Å². The highest BCUT2D eigenvalue weighted by Crippen LogP contribution is 2.29. The average Bonchev–Trinajstić information content (AvgIpc) is 2.88. The van der Waals surface area contributed by atoms with Gasteiger partial charge < -0.3 is 9.30 Å². The molecule has 1 aromatic heterocycles. The second kappa shape index (κ2) is 6.64. The molecule has 100 valence electrons. The van der Waals surface area contributed by atoms with Crippen LogP contribution in [0.5, 0.6) is 0 Å². The molecule has 0 unspecified atom stereocenters. The lowest BCUT2D eigenvalue weighted by molar-refractivity contribution is 0.127. The van der Waals surface area contributed by atoms with Crippen LogP contribution < -0.4 is 0 Å². The van der Waals surface area contributed by atoms with Gasteiger partial charge in [0, 0.05) is 28.0 Å². The molecule has 1 heterocycles. The van der Waals surface area contributed by atoms with E-state index in [9.17, 15) is 0 Å². The normalized spacial score (nSPS) is 12.8. The minimum Gasteiger partial charge on any atom is -0.492 e. The van der Waals surface area contributed by atoms with Gasteiger partial charge in [0.2, 0.25) is 0 Å². The maximum absolute atomic E-state index is 6.23. The van der Waals surface area contributed by atoms with Crippen LogP contribution in [0.1, 0.15) is 18.6 Å². The number of imidazole rings is 1. The fraction of sp³-hybridized carbons (Fsp3) is 0.214. The molecule has 0 aliphatic heterocycles. The van der Waals surface area contributed by atoms with Gasteiger partial charge in [0.25, 0.3) is 0 Å². The summed E-state index contributed by atoms with van der Waals surface area (Å²) in [6.45, 7) is 2.53. The zero-order chi connectivity index (χ0) is 13.7. The van der Waals surface area contributed by atoms with E-state index in [-0.39, 0.29) is 6.10 Å². The summed E-state index contributed by atoms with van der Waals surface area (Å²) in [6, 6.07) is 5.41. The molecule has 0 amide bonds. The summed E-state index contributed by atoms with van der Waals surface area (Å²) >= 11 is 12.1. The molecule has 0 saturated heterocycles. The summed E-state index contributed by atoms with van der Waals surface area (Å²) in [6.07, 6.45) is 8.68. The highest BCUT2D eigenvalue weighted by Gasteiger charge is 2.16. The molecule has 3 nitrogen and oxygen atoms in total. The number of nitrogens with zero attached hydrogens (tertiary/aromatic N) is 2. The van der Waals surface area contributed by atoms with Gasteiger partial charge in [-0.1, -0.05) is 35.3 Å². The lowest BCUT2D eigenvalue weighted by Crippen LogP contribution is -2.10. The Bertz CT molecular complexity index is 553. The van der Waals surface area contributed by atoms with Crippen LogP contribution in [0.15, 0.2) is 49.3 Å². The van der Waals surface area contributed by atoms with Crippen LogP contribution in [0.3, 0.4) is 0 Å². The standard InChI is InChI=1S/C14H14Cl2N2O/c1-2-7-19-14(9-18-6-5-17-10-18)12-4-3-11(15)8-13(12)16/h2-8,10,14H,9H2,1H3/t14-/m0/s1. The first kappa shape index (κ1) is 14.0. The van der Waals surface area contributed by atoms with Crippen molar-refractivity contribution in [2.24, 2.45) is 0 Å². The van der Waals surface area contributed by atoms with Gasteiger partial charge in [0.1, 0.15) is 6.10 Å². The Balaban J connectivity index is 2.25. The van der Waals surface area contributed by atoms with Crippen LogP contribution in [-0.2, 0) is 11.3 Å². The fourth-order valence-corrected chi connectivity index (χ4v) is 2.27. The average molecular weight is 297 g/mol. The SMILES string of the molecule is CC=CO[C@@H](Cn1ccnc1)c1ccc(Cl)cc1Cl. The van der Waals surface area contributed by atoms with Crippen molar-refractivity contribution in [1.29, 1.82) is 0 Å². The lowest BCUT2D eigenvalue weighted by atomic mass is 10.1. The Morgan fingerprint density at radius 1 is 1.42 bits per heavy atom. The van der Waals surface area contributed by atoms with Gasteiger partial charge >= 0.3 is 0 Å². The van der Waals surface area contributed by atoms with E-state index < -0.39 is 0 Å². The topological polar surface area (TPSA) is 27.1 Å². The second-order valence-corrected chi connectivity index (χ2v) is 4.86. The molecule has 5 heteroatoms. The first-order valence-electron chi connectivity index (χ1n) is 5.88. The lowest BCUT2D eigenvalue weighted by Gasteiger charge is -2.19. The van der Waals surface area contributed by atoms with Crippen molar-refractivity contribution in [3.05, 3.63) is 64.9 Å². The van der Waals surface area contributed by atoms with Crippen molar-refractivity contribution in [2.75, 3.05) is 0 Å². The molecule has 0 N–H and O–H groups in total. The third-order valence-corrected chi connectivity index (χ3v) is 3.19. The van der Waals surface area contributed by atoms with E-state index in [1.54, 1.807) is 24.9 Å². The first-order valence-corrected chi connectivity index (χ1v) is 6.63.